The highest BCUT2D eigenvalue weighted by atomic mass is 16.5. The van der Waals surface area contributed by atoms with E-state index in [9.17, 15) is 9.59 Å². The molecule has 3 nitrogen and oxygen atoms in total. The summed E-state index contributed by atoms with van der Waals surface area (Å²) >= 11 is 0. The van der Waals surface area contributed by atoms with Crippen LogP contribution in [0.4, 0.5) is 0 Å². The van der Waals surface area contributed by atoms with Gasteiger partial charge < -0.3 is 4.74 Å². The minimum atomic E-state index is -0.598. The molecule has 0 aromatic rings. The Hall–Kier alpha value is -1.38. The molecule has 0 atom stereocenters. The lowest BCUT2D eigenvalue weighted by molar-refractivity contribution is -0.142. The third-order valence-electron chi connectivity index (χ3n) is 0.988. The first-order chi connectivity index (χ1) is 5.07. The molecule has 0 bridgehead atoms. The van der Waals surface area contributed by atoms with Crippen molar-refractivity contribution < 1.29 is 14.3 Å². The van der Waals surface area contributed by atoms with Crippen molar-refractivity contribution in [3.05, 3.63) is 24.8 Å². The number of ketones is 1. The van der Waals surface area contributed by atoms with Crippen LogP contribution in [0.1, 0.15) is 6.92 Å². The fourth-order valence-electron chi connectivity index (χ4n) is 0.319. The number of esters is 1. The molecule has 0 aromatic heterocycles. The lowest BCUT2D eigenvalue weighted by Crippen LogP contribution is -2.12. The van der Waals surface area contributed by atoms with E-state index in [0.717, 1.165) is 6.08 Å². The first-order valence-corrected chi connectivity index (χ1v) is 3.06. The van der Waals surface area contributed by atoms with Gasteiger partial charge in [-0.1, -0.05) is 13.2 Å². The number of Topliss-reactive ketones (excluding diaryl/α,β-unsaturated/α-hetero) is 1. The van der Waals surface area contributed by atoms with Crippen molar-refractivity contribution in [1.82, 2.24) is 0 Å². The summed E-state index contributed by atoms with van der Waals surface area (Å²) in [6, 6.07) is 0. The van der Waals surface area contributed by atoms with E-state index in [2.05, 4.69) is 17.9 Å². The van der Waals surface area contributed by atoms with E-state index in [1.54, 1.807) is 6.92 Å². The molecule has 0 N–H and O–H groups in total. The second kappa shape index (κ2) is 4.44. The zero-order valence-corrected chi connectivity index (χ0v) is 6.42. The van der Waals surface area contributed by atoms with E-state index in [1.165, 1.54) is 0 Å². The number of hydrogen-bond donors (Lipinski definition) is 0. The van der Waals surface area contributed by atoms with Crippen LogP contribution in [0.2, 0.25) is 0 Å². The average molecular weight is 154 g/mol. The monoisotopic (exact) mass is 154 g/mol. The summed E-state index contributed by atoms with van der Waals surface area (Å²) in [5.41, 5.74) is 0.377. The van der Waals surface area contributed by atoms with Gasteiger partial charge in [0.1, 0.15) is 0 Å². The summed E-state index contributed by atoms with van der Waals surface area (Å²) in [5, 5.41) is 0. The maximum absolute atomic E-state index is 10.8. The Morgan fingerprint density at radius 1 is 1.55 bits per heavy atom. The van der Waals surface area contributed by atoms with Crippen molar-refractivity contribution in [2.45, 2.75) is 6.92 Å². The molecule has 0 saturated carbocycles. The van der Waals surface area contributed by atoms with Gasteiger partial charge in [-0.25, -0.2) is 4.79 Å². The van der Waals surface area contributed by atoms with Crippen LogP contribution >= 0.6 is 0 Å². The van der Waals surface area contributed by atoms with Crippen LogP contribution in [-0.2, 0) is 14.3 Å². The lowest BCUT2D eigenvalue weighted by Gasteiger charge is -1.98. The van der Waals surface area contributed by atoms with Crippen LogP contribution in [0.25, 0.3) is 0 Å². The zero-order valence-electron chi connectivity index (χ0n) is 6.42. The van der Waals surface area contributed by atoms with E-state index < -0.39 is 5.97 Å². The Labute approximate surface area is 65.4 Å². The third kappa shape index (κ3) is 4.08. The number of hydrogen-bond acceptors (Lipinski definition) is 3. The second-order valence-corrected chi connectivity index (χ2v) is 2.02. The minimum absolute atomic E-state index is 0.250. The van der Waals surface area contributed by atoms with Gasteiger partial charge in [-0.15, -0.1) is 0 Å². The molecular weight excluding hydrogens is 144 g/mol. The molecule has 60 valence electrons. The molecule has 0 radical (unpaired) electrons. The average Bonchev–Trinajstić information content (AvgIpc) is 1.99. The Morgan fingerprint density at radius 3 is 2.45 bits per heavy atom. The number of carbonyl (C=O) groups excluding carboxylic acids is 2. The van der Waals surface area contributed by atoms with Gasteiger partial charge in [-0.2, -0.15) is 0 Å². The Bertz CT molecular complexity index is 203. The molecule has 0 saturated heterocycles. The molecule has 11 heavy (non-hydrogen) atoms. The van der Waals surface area contributed by atoms with Crippen molar-refractivity contribution in [3.63, 3.8) is 0 Å². The summed E-state index contributed by atoms with van der Waals surface area (Å²) in [6.45, 7) is 7.88. The minimum Gasteiger partial charge on any atom is -0.454 e. The first-order valence-electron chi connectivity index (χ1n) is 3.06. The first kappa shape index (κ1) is 9.62. The van der Waals surface area contributed by atoms with Crippen molar-refractivity contribution in [1.29, 1.82) is 0 Å². The van der Waals surface area contributed by atoms with Crippen molar-refractivity contribution in [3.8, 4) is 0 Å². The van der Waals surface area contributed by atoms with Crippen LogP contribution in [0.5, 0.6) is 0 Å². The SMILES string of the molecule is C=CC(=O)OCC(=O)C(=C)C. The number of rotatable bonds is 4. The Morgan fingerprint density at radius 2 is 2.09 bits per heavy atom. The van der Waals surface area contributed by atoms with Gasteiger partial charge in [0.2, 0.25) is 0 Å². The molecule has 0 spiro atoms. The summed E-state index contributed by atoms with van der Waals surface area (Å²) in [4.78, 5) is 21.2. The van der Waals surface area contributed by atoms with Gasteiger partial charge in [0.05, 0.1) is 0 Å². The maximum Gasteiger partial charge on any atom is 0.330 e. The topological polar surface area (TPSA) is 43.4 Å². The van der Waals surface area contributed by atoms with Gasteiger partial charge in [-0.3, -0.25) is 4.79 Å². The van der Waals surface area contributed by atoms with E-state index in [1.807, 2.05) is 0 Å². The normalized spacial score (nSPS) is 8.45. The summed E-state index contributed by atoms with van der Waals surface area (Å²) in [7, 11) is 0. The molecule has 0 rings (SSSR count). The molecular formula is C8H10O3. The summed E-state index contributed by atoms with van der Waals surface area (Å²) in [5.74, 6) is -0.875. The van der Waals surface area contributed by atoms with Crippen LogP contribution in [0, 0.1) is 0 Å². The number of ether oxygens (including phenoxy) is 1. The maximum atomic E-state index is 10.8. The second-order valence-electron chi connectivity index (χ2n) is 2.02. The largest absolute Gasteiger partial charge is 0.454 e. The predicted molar refractivity (Wildman–Crippen MR) is 41.0 cm³/mol. The molecule has 0 fully saturated rings. The molecule has 0 aliphatic heterocycles. The molecule has 0 aromatic carbocycles. The highest BCUT2D eigenvalue weighted by Gasteiger charge is 2.04. The highest BCUT2D eigenvalue weighted by Crippen LogP contribution is 1.90. The number of carbonyl (C=O) groups is 2. The van der Waals surface area contributed by atoms with Crippen LogP contribution in [0.15, 0.2) is 24.8 Å². The van der Waals surface area contributed by atoms with E-state index in [-0.39, 0.29) is 12.4 Å². The van der Waals surface area contributed by atoms with Crippen molar-refractivity contribution in [2.24, 2.45) is 0 Å². The molecule has 0 aliphatic carbocycles. The van der Waals surface area contributed by atoms with E-state index in [0.29, 0.717) is 5.57 Å². The van der Waals surface area contributed by atoms with Crippen molar-refractivity contribution in [2.75, 3.05) is 6.61 Å². The molecule has 0 aliphatic rings. The Kier molecular flexibility index (Phi) is 3.88. The predicted octanol–water partition coefficient (Wildman–Crippen LogP) is 0.861. The zero-order chi connectivity index (χ0) is 8.85. The molecule has 0 heterocycles. The summed E-state index contributed by atoms with van der Waals surface area (Å²) in [6.07, 6.45) is 1.01. The van der Waals surface area contributed by atoms with Gasteiger partial charge >= 0.3 is 5.97 Å². The molecule has 0 amide bonds. The van der Waals surface area contributed by atoms with Crippen LogP contribution in [-0.4, -0.2) is 18.4 Å². The molecule has 3 heteroatoms. The quantitative estimate of drug-likeness (QED) is 0.445. The van der Waals surface area contributed by atoms with Gasteiger partial charge in [0.15, 0.2) is 12.4 Å². The standard InChI is InChI=1S/C8H10O3/c1-4-8(10)11-5-7(9)6(2)3/h4H,1-2,5H2,3H3. The summed E-state index contributed by atoms with van der Waals surface area (Å²) < 4.78 is 4.45. The van der Waals surface area contributed by atoms with Crippen LogP contribution < -0.4 is 0 Å². The third-order valence-corrected chi connectivity index (χ3v) is 0.988. The fourth-order valence-corrected chi connectivity index (χ4v) is 0.319. The Balaban J connectivity index is 3.71. The van der Waals surface area contributed by atoms with Gasteiger partial charge in [-0.05, 0) is 12.5 Å². The lowest BCUT2D eigenvalue weighted by atomic mass is 10.2. The van der Waals surface area contributed by atoms with Gasteiger partial charge in [0, 0.05) is 6.08 Å². The van der Waals surface area contributed by atoms with E-state index in [4.69, 9.17) is 0 Å². The van der Waals surface area contributed by atoms with Crippen molar-refractivity contribution >= 4 is 11.8 Å². The van der Waals surface area contributed by atoms with E-state index >= 15 is 0 Å². The highest BCUT2D eigenvalue weighted by molar-refractivity contribution is 5.96. The van der Waals surface area contributed by atoms with Crippen LogP contribution in [0.3, 0.4) is 0 Å². The molecule has 0 unspecified atom stereocenters. The van der Waals surface area contributed by atoms with Gasteiger partial charge in [0.25, 0.3) is 0 Å². The smallest absolute Gasteiger partial charge is 0.330 e. The fraction of sp³-hybridized carbons (Fsp3) is 0.250.